The first kappa shape index (κ1) is 11.3. The molecule has 94 valence electrons. The Morgan fingerprint density at radius 3 is 2.83 bits per heavy atom. The van der Waals surface area contributed by atoms with Gasteiger partial charge in [-0.2, -0.15) is 0 Å². The van der Waals surface area contributed by atoms with E-state index in [2.05, 4.69) is 6.07 Å². The van der Waals surface area contributed by atoms with Crippen LogP contribution in [0, 0.1) is 5.41 Å². The number of amidine groups is 1. The fraction of sp³-hybridized carbons (Fsp3) is 0.429. The normalized spacial score (nSPS) is 27.0. The summed E-state index contributed by atoms with van der Waals surface area (Å²) >= 11 is 0. The summed E-state index contributed by atoms with van der Waals surface area (Å²) in [5, 5.41) is 8.35. The van der Waals surface area contributed by atoms with E-state index in [0.29, 0.717) is 12.4 Å². The number of nitrogens with one attached hydrogen (secondary N) is 1. The number of aryl methyl sites for hydroxylation is 1. The van der Waals surface area contributed by atoms with Gasteiger partial charge < -0.3 is 4.90 Å². The van der Waals surface area contributed by atoms with E-state index in [4.69, 9.17) is 5.41 Å². The van der Waals surface area contributed by atoms with Crippen LogP contribution in [0.5, 0.6) is 0 Å². The van der Waals surface area contributed by atoms with Gasteiger partial charge in [-0.25, -0.2) is 4.79 Å². The summed E-state index contributed by atoms with van der Waals surface area (Å²) in [5.74, 6) is 0.405. The fourth-order valence-corrected chi connectivity index (χ4v) is 3.05. The van der Waals surface area contributed by atoms with Crippen LogP contribution in [-0.4, -0.2) is 35.3 Å². The van der Waals surface area contributed by atoms with E-state index in [0.717, 1.165) is 18.4 Å². The first-order chi connectivity index (χ1) is 8.56. The molecule has 0 aliphatic carbocycles. The van der Waals surface area contributed by atoms with Gasteiger partial charge in [-0.15, -0.1) is 0 Å². The Bertz CT molecular complexity index is 540. The van der Waals surface area contributed by atoms with E-state index in [1.807, 2.05) is 25.1 Å². The van der Waals surface area contributed by atoms with Gasteiger partial charge >= 0.3 is 6.03 Å². The molecule has 0 unspecified atom stereocenters. The van der Waals surface area contributed by atoms with Crippen molar-refractivity contribution in [3.63, 3.8) is 0 Å². The van der Waals surface area contributed by atoms with Crippen LogP contribution in [0.15, 0.2) is 24.3 Å². The Morgan fingerprint density at radius 2 is 2.06 bits per heavy atom. The van der Waals surface area contributed by atoms with Crippen molar-refractivity contribution in [1.82, 2.24) is 9.80 Å². The number of urea groups is 1. The lowest BCUT2D eigenvalue weighted by molar-refractivity contribution is 0.184. The average molecular weight is 243 g/mol. The summed E-state index contributed by atoms with van der Waals surface area (Å²) < 4.78 is 0. The van der Waals surface area contributed by atoms with Crippen LogP contribution in [0.4, 0.5) is 4.79 Å². The van der Waals surface area contributed by atoms with Gasteiger partial charge in [-0.05, 0) is 30.9 Å². The molecule has 1 N–H and O–H groups in total. The number of nitrogens with zero attached hydrogens (tertiary/aromatic N) is 2. The van der Waals surface area contributed by atoms with Gasteiger partial charge in [0.05, 0.1) is 0 Å². The number of likely N-dealkylation sites (N-methyl/N-ethyl adjacent to an activating group) is 1. The molecule has 0 saturated carbocycles. The molecule has 4 nitrogen and oxygen atoms in total. The molecule has 2 heterocycles. The average Bonchev–Trinajstić information content (AvgIpc) is 2.56. The lowest BCUT2D eigenvalue weighted by Crippen LogP contribution is -2.43. The lowest BCUT2D eigenvalue weighted by Gasteiger charge is -2.33. The number of carbonyl (C=O) groups excluding carboxylic acids is 1. The number of hydrogen-bond donors (Lipinski definition) is 1. The highest BCUT2D eigenvalue weighted by atomic mass is 16.2. The molecule has 1 aromatic carbocycles. The number of carbonyl (C=O) groups is 1. The van der Waals surface area contributed by atoms with E-state index in [1.54, 1.807) is 16.8 Å². The highest BCUT2D eigenvalue weighted by molar-refractivity contribution is 6.08. The van der Waals surface area contributed by atoms with Crippen LogP contribution >= 0.6 is 0 Å². The van der Waals surface area contributed by atoms with Gasteiger partial charge in [0.15, 0.2) is 0 Å². The second-order valence-corrected chi connectivity index (χ2v) is 5.17. The van der Waals surface area contributed by atoms with Crippen LogP contribution in [-0.2, 0) is 12.0 Å². The summed E-state index contributed by atoms with van der Waals surface area (Å²) in [6, 6.07) is 8.11. The zero-order valence-corrected chi connectivity index (χ0v) is 10.7. The molecule has 1 fully saturated rings. The van der Waals surface area contributed by atoms with Gasteiger partial charge in [0, 0.05) is 13.6 Å². The summed E-state index contributed by atoms with van der Waals surface area (Å²) in [5.41, 5.74) is 1.73. The van der Waals surface area contributed by atoms with Crippen molar-refractivity contribution in [3.05, 3.63) is 35.4 Å². The predicted molar refractivity (Wildman–Crippen MR) is 69.7 cm³/mol. The standard InChI is InChI=1S/C14H17N3O/c1-14-11-8-4-3-6-10(11)7-5-9-17(12(14)15)13(18)16(14)2/h3-4,6,8,15H,5,7,9H2,1-2H3/t14-/m1/s1. The van der Waals surface area contributed by atoms with Crippen molar-refractivity contribution in [2.75, 3.05) is 13.6 Å². The SMILES string of the molecule is CN1C(=O)N2CCCc3ccccc3[C@]1(C)C2=N. The fourth-order valence-electron chi connectivity index (χ4n) is 3.05. The van der Waals surface area contributed by atoms with Crippen molar-refractivity contribution in [1.29, 1.82) is 5.41 Å². The Morgan fingerprint density at radius 1 is 1.33 bits per heavy atom. The largest absolute Gasteiger partial charge is 0.326 e. The molecule has 1 saturated heterocycles. The number of benzene rings is 1. The summed E-state index contributed by atoms with van der Waals surface area (Å²) in [4.78, 5) is 15.5. The number of hydrogen-bond acceptors (Lipinski definition) is 2. The van der Waals surface area contributed by atoms with Crippen LogP contribution in [0.25, 0.3) is 0 Å². The Kier molecular flexibility index (Phi) is 2.24. The molecular formula is C14H17N3O. The molecular weight excluding hydrogens is 226 g/mol. The van der Waals surface area contributed by atoms with E-state index in [1.165, 1.54) is 5.56 Å². The first-order valence-electron chi connectivity index (χ1n) is 6.29. The second kappa shape index (κ2) is 3.57. The number of amides is 2. The third-order valence-electron chi connectivity index (χ3n) is 4.29. The van der Waals surface area contributed by atoms with Crippen molar-refractivity contribution in [2.24, 2.45) is 0 Å². The molecule has 4 heteroatoms. The minimum absolute atomic E-state index is 0.0563. The third-order valence-corrected chi connectivity index (χ3v) is 4.29. The highest BCUT2D eigenvalue weighted by Crippen LogP contribution is 2.39. The van der Waals surface area contributed by atoms with Crippen LogP contribution in [0.3, 0.4) is 0 Å². The second-order valence-electron chi connectivity index (χ2n) is 5.17. The predicted octanol–water partition coefficient (Wildman–Crippen LogP) is 2.19. The number of fused-ring (bicyclic) bond motifs is 4. The Hall–Kier alpha value is -1.84. The minimum Gasteiger partial charge on any atom is -0.311 e. The quantitative estimate of drug-likeness (QED) is 0.746. The van der Waals surface area contributed by atoms with Gasteiger partial charge in [-0.1, -0.05) is 24.3 Å². The molecule has 2 aliphatic rings. The van der Waals surface area contributed by atoms with Crippen molar-refractivity contribution in [3.8, 4) is 0 Å². The van der Waals surface area contributed by atoms with E-state index < -0.39 is 5.54 Å². The van der Waals surface area contributed by atoms with Gasteiger partial charge in [0.25, 0.3) is 0 Å². The third kappa shape index (κ3) is 1.20. The molecule has 0 radical (unpaired) electrons. The monoisotopic (exact) mass is 243 g/mol. The summed E-state index contributed by atoms with van der Waals surface area (Å²) in [6.07, 6.45) is 1.88. The van der Waals surface area contributed by atoms with E-state index in [-0.39, 0.29) is 6.03 Å². The van der Waals surface area contributed by atoms with Crippen molar-refractivity contribution >= 4 is 11.9 Å². The van der Waals surface area contributed by atoms with Crippen LogP contribution in [0.2, 0.25) is 0 Å². The zero-order valence-electron chi connectivity index (χ0n) is 10.7. The smallest absolute Gasteiger partial charge is 0.311 e. The maximum absolute atomic E-state index is 12.2. The lowest BCUT2D eigenvalue weighted by atomic mass is 9.84. The number of rotatable bonds is 0. The molecule has 2 amide bonds. The Labute approximate surface area is 107 Å². The van der Waals surface area contributed by atoms with Crippen molar-refractivity contribution < 1.29 is 4.79 Å². The van der Waals surface area contributed by atoms with Gasteiger partial charge in [-0.3, -0.25) is 10.3 Å². The van der Waals surface area contributed by atoms with Crippen LogP contribution in [0.1, 0.15) is 24.5 Å². The maximum atomic E-state index is 12.2. The molecule has 2 bridgehead atoms. The summed E-state index contributed by atoms with van der Waals surface area (Å²) in [6.45, 7) is 2.61. The molecule has 2 aliphatic heterocycles. The van der Waals surface area contributed by atoms with Gasteiger partial charge in [0.2, 0.25) is 0 Å². The molecule has 0 aromatic heterocycles. The van der Waals surface area contributed by atoms with E-state index in [9.17, 15) is 4.79 Å². The molecule has 1 atom stereocenters. The van der Waals surface area contributed by atoms with Crippen LogP contribution < -0.4 is 0 Å². The minimum atomic E-state index is -0.617. The molecule has 0 spiro atoms. The first-order valence-corrected chi connectivity index (χ1v) is 6.29. The van der Waals surface area contributed by atoms with Crippen molar-refractivity contribution in [2.45, 2.75) is 25.3 Å². The molecule has 3 rings (SSSR count). The maximum Gasteiger partial charge on any atom is 0.326 e. The highest BCUT2D eigenvalue weighted by Gasteiger charge is 2.51. The van der Waals surface area contributed by atoms with Gasteiger partial charge in [0.1, 0.15) is 11.4 Å². The molecule has 18 heavy (non-hydrogen) atoms. The zero-order chi connectivity index (χ0) is 12.9. The molecule has 1 aromatic rings. The Balaban J connectivity index is 2.26. The topological polar surface area (TPSA) is 47.4 Å². The summed E-state index contributed by atoms with van der Waals surface area (Å²) in [7, 11) is 1.79. The van der Waals surface area contributed by atoms with E-state index >= 15 is 0 Å².